The molecular weight excluding hydrogens is 220 g/mol. The average Bonchev–Trinajstić information content (AvgIpc) is 2.96. The summed E-state index contributed by atoms with van der Waals surface area (Å²) < 4.78 is 2.25. The number of hydrogen-bond donors (Lipinski definition) is 1. The Labute approximate surface area is 98.3 Å². The van der Waals surface area contributed by atoms with Crippen LogP contribution in [0.1, 0.15) is 25.2 Å². The second kappa shape index (κ2) is 3.99. The zero-order valence-electron chi connectivity index (χ0n) is 9.18. The summed E-state index contributed by atoms with van der Waals surface area (Å²) in [6.07, 6.45) is 1.06. The first kappa shape index (κ1) is 9.99. The Kier molecular flexibility index (Phi) is 2.49. The highest BCUT2D eigenvalue weighted by atomic mass is 32.1. The summed E-state index contributed by atoms with van der Waals surface area (Å²) in [4.78, 5) is 1.20. The van der Waals surface area contributed by atoms with Crippen LogP contribution in [0.4, 0.5) is 0 Å². The average molecular weight is 234 g/mol. The number of rotatable bonds is 2. The van der Waals surface area contributed by atoms with Gasteiger partial charge in [-0.1, -0.05) is 13.0 Å². The monoisotopic (exact) mass is 234 g/mol. The molecule has 4 nitrogen and oxygen atoms in total. The van der Waals surface area contributed by atoms with Crippen molar-refractivity contribution >= 4 is 11.3 Å². The van der Waals surface area contributed by atoms with Crippen LogP contribution in [-0.4, -0.2) is 21.3 Å². The molecule has 0 fully saturated rings. The summed E-state index contributed by atoms with van der Waals surface area (Å²) >= 11 is 1.72. The molecule has 16 heavy (non-hydrogen) atoms. The van der Waals surface area contributed by atoms with Crippen LogP contribution in [0.25, 0.3) is 10.7 Å². The van der Waals surface area contributed by atoms with Gasteiger partial charge in [0.05, 0.1) is 10.9 Å². The van der Waals surface area contributed by atoms with Gasteiger partial charge in [0.2, 0.25) is 0 Å². The summed E-state index contributed by atoms with van der Waals surface area (Å²) in [6.45, 7) is 4.14. The Balaban J connectivity index is 2.06. The minimum Gasteiger partial charge on any atom is -0.308 e. The van der Waals surface area contributed by atoms with Crippen molar-refractivity contribution in [2.45, 2.75) is 25.9 Å². The molecule has 0 saturated heterocycles. The van der Waals surface area contributed by atoms with E-state index in [1.165, 1.54) is 4.88 Å². The van der Waals surface area contributed by atoms with Crippen LogP contribution >= 0.6 is 11.3 Å². The lowest BCUT2D eigenvalue weighted by Gasteiger charge is -2.23. The van der Waals surface area contributed by atoms with Gasteiger partial charge < -0.3 is 9.88 Å². The van der Waals surface area contributed by atoms with E-state index in [2.05, 4.69) is 44.5 Å². The van der Waals surface area contributed by atoms with Gasteiger partial charge >= 0.3 is 0 Å². The maximum atomic E-state index is 4.32. The number of aromatic nitrogens is 3. The molecule has 3 rings (SSSR count). The van der Waals surface area contributed by atoms with Crippen LogP contribution in [0, 0.1) is 0 Å². The van der Waals surface area contributed by atoms with E-state index in [9.17, 15) is 0 Å². The Morgan fingerprint density at radius 3 is 3.25 bits per heavy atom. The molecule has 2 aromatic heterocycles. The third-order valence-corrected chi connectivity index (χ3v) is 3.83. The Bertz CT molecular complexity index is 474. The lowest BCUT2D eigenvalue weighted by molar-refractivity contribution is 0.407. The van der Waals surface area contributed by atoms with Gasteiger partial charge in [-0.3, -0.25) is 0 Å². The molecule has 1 aliphatic heterocycles. The molecule has 1 atom stereocenters. The zero-order valence-corrected chi connectivity index (χ0v) is 10.00. The van der Waals surface area contributed by atoms with E-state index >= 15 is 0 Å². The van der Waals surface area contributed by atoms with Crippen LogP contribution in [0.5, 0.6) is 0 Å². The van der Waals surface area contributed by atoms with Gasteiger partial charge in [0.15, 0.2) is 11.6 Å². The molecule has 0 radical (unpaired) electrons. The van der Waals surface area contributed by atoms with Crippen molar-refractivity contribution in [2.75, 3.05) is 6.54 Å². The zero-order chi connectivity index (χ0) is 11.0. The Morgan fingerprint density at radius 2 is 2.50 bits per heavy atom. The van der Waals surface area contributed by atoms with E-state index in [4.69, 9.17) is 0 Å². The van der Waals surface area contributed by atoms with Gasteiger partial charge in [0.25, 0.3) is 0 Å². The molecule has 1 unspecified atom stereocenters. The van der Waals surface area contributed by atoms with Gasteiger partial charge in [0.1, 0.15) is 0 Å². The van der Waals surface area contributed by atoms with Crippen LogP contribution in [0.2, 0.25) is 0 Å². The fraction of sp³-hybridized carbons (Fsp3) is 0.455. The first-order valence-corrected chi connectivity index (χ1v) is 6.48. The minimum atomic E-state index is 0.356. The van der Waals surface area contributed by atoms with Gasteiger partial charge in [-0.15, -0.1) is 21.5 Å². The summed E-state index contributed by atoms with van der Waals surface area (Å²) in [7, 11) is 0. The predicted molar refractivity (Wildman–Crippen MR) is 64.4 cm³/mol. The van der Waals surface area contributed by atoms with Crippen molar-refractivity contribution < 1.29 is 0 Å². The fourth-order valence-corrected chi connectivity index (χ4v) is 2.87. The highest BCUT2D eigenvalue weighted by molar-refractivity contribution is 7.13. The lowest BCUT2D eigenvalue weighted by Crippen LogP contribution is -2.33. The van der Waals surface area contributed by atoms with Gasteiger partial charge in [0, 0.05) is 13.1 Å². The largest absolute Gasteiger partial charge is 0.308 e. The van der Waals surface area contributed by atoms with Crippen molar-refractivity contribution in [3.63, 3.8) is 0 Å². The highest BCUT2D eigenvalue weighted by Gasteiger charge is 2.24. The summed E-state index contributed by atoms with van der Waals surface area (Å²) in [6, 6.07) is 4.51. The number of fused-ring (bicyclic) bond motifs is 1. The van der Waals surface area contributed by atoms with Gasteiger partial charge in [-0.05, 0) is 17.9 Å². The molecule has 1 aliphatic rings. The van der Waals surface area contributed by atoms with Crippen LogP contribution in [0.15, 0.2) is 17.5 Å². The molecule has 0 saturated carbocycles. The molecular formula is C11H14N4S. The van der Waals surface area contributed by atoms with Crippen LogP contribution in [-0.2, 0) is 6.54 Å². The first-order valence-electron chi connectivity index (χ1n) is 5.60. The quantitative estimate of drug-likeness (QED) is 0.865. The van der Waals surface area contributed by atoms with E-state index in [0.29, 0.717) is 6.04 Å². The molecule has 1 N–H and O–H groups in total. The summed E-state index contributed by atoms with van der Waals surface area (Å²) in [5, 5.41) is 14.2. The molecule has 0 spiro atoms. The minimum absolute atomic E-state index is 0.356. The topological polar surface area (TPSA) is 42.7 Å². The van der Waals surface area contributed by atoms with E-state index in [0.717, 1.165) is 31.2 Å². The molecule has 0 amide bonds. The van der Waals surface area contributed by atoms with Crippen molar-refractivity contribution in [2.24, 2.45) is 0 Å². The third kappa shape index (κ3) is 1.47. The maximum absolute atomic E-state index is 4.32. The van der Waals surface area contributed by atoms with E-state index in [1.807, 2.05) is 0 Å². The van der Waals surface area contributed by atoms with Gasteiger partial charge in [-0.2, -0.15) is 0 Å². The van der Waals surface area contributed by atoms with E-state index in [1.54, 1.807) is 11.3 Å². The Hall–Kier alpha value is -1.20. The lowest BCUT2D eigenvalue weighted by atomic mass is 10.2. The molecule has 0 aliphatic carbocycles. The maximum Gasteiger partial charge on any atom is 0.174 e. The SMILES string of the molecule is CCC1NCCn2c(-c3cccs3)nnc21. The van der Waals surface area contributed by atoms with Crippen molar-refractivity contribution in [3.8, 4) is 10.7 Å². The normalized spacial score (nSPS) is 19.7. The third-order valence-electron chi connectivity index (χ3n) is 2.97. The smallest absolute Gasteiger partial charge is 0.174 e. The molecule has 0 aromatic carbocycles. The van der Waals surface area contributed by atoms with Crippen LogP contribution in [0.3, 0.4) is 0 Å². The second-order valence-corrected chi connectivity index (χ2v) is 4.87. The standard InChI is InChI=1S/C11H14N4S/c1-2-8-10-13-14-11(9-4-3-7-16-9)15(10)6-5-12-8/h3-4,7-8,12H,2,5-6H2,1H3. The number of thiophene rings is 1. The van der Waals surface area contributed by atoms with Crippen molar-refractivity contribution in [3.05, 3.63) is 23.3 Å². The fourth-order valence-electron chi connectivity index (χ4n) is 2.15. The molecule has 0 bridgehead atoms. The van der Waals surface area contributed by atoms with Crippen molar-refractivity contribution in [1.82, 2.24) is 20.1 Å². The summed E-state index contributed by atoms with van der Waals surface area (Å²) in [5.74, 6) is 2.10. The van der Waals surface area contributed by atoms with Crippen LogP contribution < -0.4 is 5.32 Å². The predicted octanol–water partition coefficient (Wildman–Crippen LogP) is 2.06. The summed E-state index contributed by atoms with van der Waals surface area (Å²) in [5.41, 5.74) is 0. The number of nitrogens with zero attached hydrogens (tertiary/aromatic N) is 3. The highest BCUT2D eigenvalue weighted by Crippen LogP contribution is 2.27. The molecule has 3 heterocycles. The molecule has 84 valence electrons. The first-order chi connectivity index (χ1) is 7.90. The Morgan fingerprint density at radius 1 is 1.56 bits per heavy atom. The number of nitrogens with one attached hydrogen (secondary N) is 1. The molecule has 5 heteroatoms. The number of hydrogen-bond acceptors (Lipinski definition) is 4. The molecule has 2 aromatic rings. The van der Waals surface area contributed by atoms with E-state index in [-0.39, 0.29) is 0 Å². The van der Waals surface area contributed by atoms with Crippen molar-refractivity contribution in [1.29, 1.82) is 0 Å². The van der Waals surface area contributed by atoms with Gasteiger partial charge in [-0.25, -0.2) is 0 Å². The second-order valence-electron chi connectivity index (χ2n) is 3.93. The van der Waals surface area contributed by atoms with E-state index < -0.39 is 0 Å².